The van der Waals surface area contributed by atoms with E-state index in [0.717, 1.165) is 19.4 Å². The van der Waals surface area contributed by atoms with E-state index in [2.05, 4.69) is 31.4 Å². The highest BCUT2D eigenvalue weighted by molar-refractivity contribution is 5.81. The molecule has 1 unspecified atom stereocenters. The van der Waals surface area contributed by atoms with Crippen LogP contribution in [0.25, 0.3) is 0 Å². The maximum absolute atomic E-state index is 11.9. The predicted octanol–water partition coefficient (Wildman–Crippen LogP) is 2.46. The Kier molecular flexibility index (Phi) is 5.44. The molecule has 0 radical (unpaired) electrons. The smallest absolute Gasteiger partial charge is 0.236 e. The highest BCUT2D eigenvalue weighted by Crippen LogP contribution is 2.34. The number of carbonyl (C=O) groups excluding carboxylic acids is 1. The summed E-state index contributed by atoms with van der Waals surface area (Å²) in [5.41, 5.74) is 0.245. The molecule has 1 saturated carbocycles. The summed E-state index contributed by atoms with van der Waals surface area (Å²) in [6.07, 6.45) is 5.90. The van der Waals surface area contributed by atoms with Gasteiger partial charge in [-0.1, -0.05) is 20.8 Å². The fraction of sp³-hybridized carbons (Fsp3) is 0.929. The van der Waals surface area contributed by atoms with Crippen LogP contribution in [0.5, 0.6) is 0 Å². The normalized spacial score (nSPS) is 19.8. The number of hydrogen-bond acceptors (Lipinski definition) is 2. The van der Waals surface area contributed by atoms with Crippen LogP contribution in [0, 0.1) is 5.92 Å². The van der Waals surface area contributed by atoms with Crippen LogP contribution in [0.3, 0.4) is 0 Å². The van der Waals surface area contributed by atoms with Crippen LogP contribution in [0.2, 0.25) is 0 Å². The van der Waals surface area contributed by atoms with Crippen molar-refractivity contribution in [3.05, 3.63) is 0 Å². The largest absolute Gasteiger partial charge is 0.355 e. The standard InChI is InChI=1S/C14H28N2O/c1-5-14(8-6-9-14)16-12(4)13(17)15-10-7-11(2)3/h11-12,16H,5-10H2,1-4H3,(H,15,17). The first-order valence-electron chi connectivity index (χ1n) is 7.04. The van der Waals surface area contributed by atoms with Gasteiger partial charge >= 0.3 is 0 Å². The fourth-order valence-corrected chi connectivity index (χ4v) is 2.37. The third-order valence-electron chi connectivity index (χ3n) is 3.92. The Balaban J connectivity index is 2.26. The van der Waals surface area contributed by atoms with Crippen molar-refractivity contribution in [1.29, 1.82) is 0 Å². The van der Waals surface area contributed by atoms with Crippen LogP contribution in [0.15, 0.2) is 0 Å². The number of amides is 1. The second-order valence-electron chi connectivity index (χ2n) is 5.83. The van der Waals surface area contributed by atoms with Gasteiger partial charge in [0.25, 0.3) is 0 Å². The molecule has 17 heavy (non-hydrogen) atoms. The lowest BCUT2D eigenvalue weighted by Crippen LogP contribution is -2.57. The number of nitrogens with one attached hydrogen (secondary N) is 2. The summed E-state index contributed by atoms with van der Waals surface area (Å²) in [5, 5.41) is 6.51. The molecule has 2 N–H and O–H groups in total. The molecular formula is C14H28N2O. The minimum Gasteiger partial charge on any atom is -0.355 e. The lowest BCUT2D eigenvalue weighted by atomic mass is 9.74. The van der Waals surface area contributed by atoms with Gasteiger partial charge in [0, 0.05) is 12.1 Å². The van der Waals surface area contributed by atoms with Crippen LogP contribution in [0.1, 0.15) is 59.8 Å². The Morgan fingerprint density at radius 3 is 2.35 bits per heavy atom. The zero-order chi connectivity index (χ0) is 12.9. The van der Waals surface area contributed by atoms with Crippen molar-refractivity contribution in [1.82, 2.24) is 10.6 Å². The van der Waals surface area contributed by atoms with Crippen molar-refractivity contribution >= 4 is 5.91 Å². The topological polar surface area (TPSA) is 41.1 Å². The van der Waals surface area contributed by atoms with Crippen molar-refractivity contribution in [2.75, 3.05) is 6.54 Å². The highest BCUT2D eigenvalue weighted by atomic mass is 16.2. The first-order valence-corrected chi connectivity index (χ1v) is 7.04. The summed E-state index contributed by atoms with van der Waals surface area (Å²) >= 11 is 0. The molecule has 0 aromatic rings. The molecule has 3 heteroatoms. The van der Waals surface area contributed by atoms with Crippen LogP contribution < -0.4 is 10.6 Å². The minimum absolute atomic E-state index is 0.0672. The molecule has 1 rings (SSSR count). The molecule has 1 aliphatic carbocycles. The van der Waals surface area contributed by atoms with E-state index in [1.165, 1.54) is 19.3 Å². The molecule has 0 aromatic carbocycles. The van der Waals surface area contributed by atoms with Gasteiger partial charge in [0.05, 0.1) is 6.04 Å². The Bertz CT molecular complexity index is 241. The molecule has 1 amide bonds. The van der Waals surface area contributed by atoms with Crippen LogP contribution >= 0.6 is 0 Å². The van der Waals surface area contributed by atoms with Gasteiger partial charge in [0.15, 0.2) is 0 Å². The van der Waals surface area contributed by atoms with E-state index < -0.39 is 0 Å². The summed E-state index contributed by atoms with van der Waals surface area (Å²) in [5.74, 6) is 0.789. The van der Waals surface area contributed by atoms with E-state index in [0.29, 0.717) is 5.92 Å². The van der Waals surface area contributed by atoms with Crippen LogP contribution in [-0.4, -0.2) is 24.0 Å². The molecule has 0 heterocycles. The van der Waals surface area contributed by atoms with Crippen molar-refractivity contribution in [2.45, 2.75) is 71.4 Å². The Morgan fingerprint density at radius 2 is 1.94 bits per heavy atom. The molecular weight excluding hydrogens is 212 g/mol. The van der Waals surface area contributed by atoms with E-state index in [9.17, 15) is 4.79 Å². The number of hydrogen-bond donors (Lipinski definition) is 2. The van der Waals surface area contributed by atoms with Crippen LogP contribution in [0.4, 0.5) is 0 Å². The molecule has 1 fully saturated rings. The maximum atomic E-state index is 11.9. The molecule has 3 nitrogen and oxygen atoms in total. The summed E-state index contributed by atoms with van der Waals surface area (Å²) < 4.78 is 0. The Labute approximate surface area is 106 Å². The van der Waals surface area contributed by atoms with Gasteiger partial charge in [-0.2, -0.15) is 0 Å². The lowest BCUT2D eigenvalue weighted by molar-refractivity contribution is -0.123. The quantitative estimate of drug-likeness (QED) is 0.717. The SMILES string of the molecule is CCC1(NC(C)C(=O)NCCC(C)C)CCC1. The van der Waals surface area contributed by atoms with Gasteiger partial charge in [0.2, 0.25) is 5.91 Å². The molecule has 0 saturated heterocycles. The minimum atomic E-state index is -0.0672. The maximum Gasteiger partial charge on any atom is 0.236 e. The van der Waals surface area contributed by atoms with Gasteiger partial charge in [-0.3, -0.25) is 4.79 Å². The average Bonchev–Trinajstić information content (AvgIpc) is 2.22. The molecule has 0 spiro atoms. The molecule has 0 aromatic heterocycles. The van der Waals surface area contributed by atoms with Gasteiger partial charge in [-0.05, 0) is 44.9 Å². The van der Waals surface area contributed by atoms with Crippen LogP contribution in [-0.2, 0) is 4.79 Å². The third kappa shape index (κ3) is 4.30. The third-order valence-corrected chi connectivity index (χ3v) is 3.92. The molecule has 0 bridgehead atoms. The second-order valence-corrected chi connectivity index (χ2v) is 5.83. The summed E-state index contributed by atoms with van der Waals surface area (Å²) in [4.78, 5) is 11.9. The predicted molar refractivity (Wildman–Crippen MR) is 71.9 cm³/mol. The first kappa shape index (κ1) is 14.5. The number of carbonyl (C=O) groups is 1. The van der Waals surface area contributed by atoms with E-state index >= 15 is 0 Å². The van der Waals surface area contributed by atoms with Gasteiger partial charge in [-0.25, -0.2) is 0 Å². The van der Waals surface area contributed by atoms with E-state index in [-0.39, 0.29) is 17.5 Å². The Morgan fingerprint density at radius 1 is 1.29 bits per heavy atom. The van der Waals surface area contributed by atoms with Gasteiger partial charge in [0.1, 0.15) is 0 Å². The molecule has 1 atom stereocenters. The monoisotopic (exact) mass is 240 g/mol. The van der Waals surface area contributed by atoms with Crippen molar-refractivity contribution < 1.29 is 4.79 Å². The first-order chi connectivity index (χ1) is 7.99. The highest BCUT2D eigenvalue weighted by Gasteiger charge is 2.36. The molecule has 1 aliphatic rings. The van der Waals surface area contributed by atoms with Crippen molar-refractivity contribution in [3.8, 4) is 0 Å². The molecule has 100 valence electrons. The Hall–Kier alpha value is -0.570. The summed E-state index contributed by atoms with van der Waals surface area (Å²) in [7, 11) is 0. The van der Waals surface area contributed by atoms with Crippen molar-refractivity contribution in [2.24, 2.45) is 5.92 Å². The van der Waals surface area contributed by atoms with E-state index in [4.69, 9.17) is 0 Å². The van der Waals surface area contributed by atoms with E-state index in [1.54, 1.807) is 0 Å². The van der Waals surface area contributed by atoms with Gasteiger partial charge in [-0.15, -0.1) is 0 Å². The van der Waals surface area contributed by atoms with E-state index in [1.807, 2.05) is 6.92 Å². The lowest BCUT2D eigenvalue weighted by Gasteiger charge is -2.44. The number of rotatable bonds is 7. The van der Waals surface area contributed by atoms with Gasteiger partial charge < -0.3 is 10.6 Å². The summed E-state index contributed by atoms with van der Waals surface area (Å²) in [6.45, 7) is 9.32. The fourth-order valence-electron chi connectivity index (χ4n) is 2.37. The zero-order valence-corrected chi connectivity index (χ0v) is 11.8. The summed E-state index contributed by atoms with van der Waals surface area (Å²) in [6, 6.07) is -0.0672. The second kappa shape index (κ2) is 6.39. The average molecular weight is 240 g/mol. The zero-order valence-electron chi connectivity index (χ0n) is 11.8. The molecule has 0 aliphatic heterocycles. The van der Waals surface area contributed by atoms with Crippen molar-refractivity contribution in [3.63, 3.8) is 0 Å².